The van der Waals surface area contributed by atoms with Gasteiger partial charge in [0.15, 0.2) is 0 Å². The zero-order valence-electron chi connectivity index (χ0n) is 10.6. The van der Waals surface area contributed by atoms with Gasteiger partial charge in [-0.3, -0.25) is 14.6 Å². The number of nitriles is 1. The second-order valence-electron chi connectivity index (χ2n) is 4.52. The van der Waals surface area contributed by atoms with Gasteiger partial charge in [-0.15, -0.1) is 0 Å². The fourth-order valence-corrected chi connectivity index (χ4v) is 2.19. The first-order valence-electron chi connectivity index (χ1n) is 6.20. The minimum atomic E-state index is -0.774. The summed E-state index contributed by atoms with van der Waals surface area (Å²) in [6.45, 7) is 6.83. The third kappa shape index (κ3) is 3.69. The minimum absolute atomic E-state index is 0.0118. The summed E-state index contributed by atoms with van der Waals surface area (Å²) >= 11 is 0. The number of carboxylic acid groups (broad SMARTS) is 1. The Morgan fingerprint density at radius 3 is 2.29 bits per heavy atom. The van der Waals surface area contributed by atoms with Gasteiger partial charge in [0, 0.05) is 26.2 Å². The molecule has 1 heterocycles. The van der Waals surface area contributed by atoms with Gasteiger partial charge in [-0.2, -0.15) is 5.26 Å². The fraction of sp³-hybridized carbons (Fsp3) is 0.833. The molecule has 0 aromatic carbocycles. The summed E-state index contributed by atoms with van der Waals surface area (Å²) in [7, 11) is 0. The number of aliphatic carboxylic acids is 1. The van der Waals surface area contributed by atoms with Gasteiger partial charge in [0.25, 0.3) is 0 Å². The summed E-state index contributed by atoms with van der Waals surface area (Å²) in [5, 5.41) is 18.0. The SMILES string of the molecule is CCCC(C#N)N1CCN(C(C)C(=O)O)CC1. The number of nitrogens with zero attached hydrogens (tertiary/aromatic N) is 3. The van der Waals surface area contributed by atoms with Crippen molar-refractivity contribution in [3.05, 3.63) is 0 Å². The van der Waals surface area contributed by atoms with Gasteiger partial charge in [0.2, 0.25) is 0 Å². The Labute approximate surface area is 103 Å². The molecule has 2 atom stereocenters. The van der Waals surface area contributed by atoms with E-state index in [4.69, 9.17) is 10.4 Å². The van der Waals surface area contributed by atoms with Crippen molar-refractivity contribution >= 4 is 5.97 Å². The van der Waals surface area contributed by atoms with Gasteiger partial charge in [-0.25, -0.2) is 0 Å². The van der Waals surface area contributed by atoms with Gasteiger partial charge in [-0.1, -0.05) is 13.3 Å². The summed E-state index contributed by atoms with van der Waals surface area (Å²) < 4.78 is 0. The van der Waals surface area contributed by atoms with Crippen molar-refractivity contribution in [1.29, 1.82) is 5.26 Å². The number of rotatable bonds is 5. The van der Waals surface area contributed by atoms with Crippen LogP contribution in [-0.4, -0.2) is 59.1 Å². The summed E-state index contributed by atoms with van der Waals surface area (Å²) in [5.74, 6) is -0.774. The van der Waals surface area contributed by atoms with Crippen LogP contribution in [0.5, 0.6) is 0 Å². The molecule has 1 N–H and O–H groups in total. The summed E-state index contributed by atoms with van der Waals surface area (Å²) in [6, 6.07) is 1.89. The Bertz CT molecular complexity index is 293. The summed E-state index contributed by atoms with van der Waals surface area (Å²) in [5.41, 5.74) is 0. The van der Waals surface area contributed by atoms with Crippen LogP contribution < -0.4 is 0 Å². The van der Waals surface area contributed by atoms with Crippen molar-refractivity contribution in [2.24, 2.45) is 0 Å². The third-order valence-electron chi connectivity index (χ3n) is 3.41. The largest absolute Gasteiger partial charge is 0.480 e. The molecule has 0 aromatic rings. The predicted molar refractivity (Wildman–Crippen MR) is 64.6 cm³/mol. The first-order chi connectivity index (χ1) is 8.10. The molecule has 0 aliphatic carbocycles. The standard InChI is InChI=1S/C12H21N3O2/c1-3-4-11(9-13)15-7-5-14(6-8-15)10(2)12(16)17/h10-11H,3-8H2,1-2H3,(H,16,17). The van der Waals surface area contributed by atoms with Gasteiger partial charge < -0.3 is 5.11 Å². The van der Waals surface area contributed by atoms with Crippen LogP contribution in [0.2, 0.25) is 0 Å². The van der Waals surface area contributed by atoms with Gasteiger partial charge >= 0.3 is 5.97 Å². The Kier molecular flexibility index (Phi) is 5.39. The van der Waals surface area contributed by atoms with E-state index in [0.717, 1.165) is 39.0 Å². The lowest BCUT2D eigenvalue weighted by molar-refractivity contribution is -0.143. The van der Waals surface area contributed by atoms with Crippen molar-refractivity contribution in [2.45, 2.75) is 38.8 Å². The van der Waals surface area contributed by atoms with E-state index in [1.165, 1.54) is 0 Å². The highest BCUT2D eigenvalue weighted by Crippen LogP contribution is 2.12. The number of hydrogen-bond acceptors (Lipinski definition) is 4. The molecule has 5 nitrogen and oxygen atoms in total. The van der Waals surface area contributed by atoms with Crippen LogP contribution in [0.1, 0.15) is 26.7 Å². The number of hydrogen-bond donors (Lipinski definition) is 1. The molecular formula is C12H21N3O2. The Hall–Kier alpha value is -1.12. The van der Waals surface area contributed by atoms with E-state index in [1.807, 2.05) is 4.90 Å². The van der Waals surface area contributed by atoms with Crippen molar-refractivity contribution in [2.75, 3.05) is 26.2 Å². The van der Waals surface area contributed by atoms with E-state index in [9.17, 15) is 4.79 Å². The normalized spacial score (nSPS) is 21.7. The highest BCUT2D eigenvalue weighted by atomic mass is 16.4. The second kappa shape index (κ2) is 6.58. The average molecular weight is 239 g/mol. The van der Waals surface area contributed by atoms with Crippen LogP contribution in [0, 0.1) is 11.3 Å². The Morgan fingerprint density at radius 2 is 1.88 bits per heavy atom. The van der Waals surface area contributed by atoms with Gasteiger partial charge in [-0.05, 0) is 13.3 Å². The lowest BCUT2D eigenvalue weighted by Gasteiger charge is -2.38. The molecule has 0 spiro atoms. The highest BCUT2D eigenvalue weighted by molar-refractivity contribution is 5.72. The van der Waals surface area contributed by atoms with Gasteiger partial charge in [0.1, 0.15) is 6.04 Å². The minimum Gasteiger partial charge on any atom is -0.480 e. The third-order valence-corrected chi connectivity index (χ3v) is 3.41. The van der Waals surface area contributed by atoms with Crippen LogP contribution in [0.3, 0.4) is 0 Å². The Morgan fingerprint density at radius 1 is 1.35 bits per heavy atom. The molecule has 1 aliphatic rings. The molecule has 5 heteroatoms. The highest BCUT2D eigenvalue weighted by Gasteiger charge is 2.27. The first kappa shape index (κ1) is 13.9. The predicted octanol–water partition coefficient (Wildman–Crippen LogP) is 0.769. The lowest BCUT2D eigenvalue weighted by Crippen LogP contribution is -2.53. The zero-order valence-corrected chi connectivity index (χ0v) is 10.6. The first-order valence-corrected chi connectivity index (χ1v) is 6.20. The van der Waals surface area contributed by atoms with Crippen LogP contribution in [0.15, 0.2) is 0 Å². The molecule has 0 saturated carbocycles. The maximum atomic E-state index is 10.9. The summed E-state index contributed by atoms with van der Waals surface area (Å²) in [4.78, 5) is 15.0. The zero-order chi connectivity index (χ0) is 12.8. The molecule has 0 bridgehead atoms. The van der Waals surface area contributed by atoms with Crippen molar-refractivity contribution in [1.82, 2.24) is 9.80 Å². The van der Waals surface area contributed by atoms with E-state index in [-0.39, 0.29) is 6.04 Å². The molecule has 1 saturated heterocycles. The molecule has 1 fully saturated rings. The quantitative estimate of drug-likeness (QED) is 0.767. The van der Waals surface area contributed by atoms with Crippen LogP contribution in [0.25, 0.3) is 0 Å². The maximum Gasteiger partial charge on any atom is 0.320 e. The lowest BCUT2D eigenvalue weighted by atomic mass is 10.1. The van der Waals surface area contributed by atoms with Crippen molar-refractivity contribution in [3.8, 4) is 6.07 Å². The van der Waals surface area contributed by atoms with Crippen LogP contribution >= 0.6 is 0 Å². The second-order valence-corrected chi connectivity index (χ2v) is 4.52. The molecule has 1 rings (SSSR count). The van der Waals surface area contributed by atoms with E-state index < -0.39 is 12.0 Å². The van der Waals surface area contributed by atoms with E-state index in [2.05, 4.69) is 17.9 Å². The maximum absolute atomic E-state index is 10.9. The van der Waals surface area contributed by atoms with E-state index >= 15 is 0 Å². The molecule has 96 valence electrons. The molecule has 0 aromatic heterocycles. The Balaban J connectivity index is 2.45. The average Bonchev–Trinajstić information content (AvgIpc) is 2.35. The van der Waals surface area contributed by atoms with Crippen LogP contribution in [0.4, 0.5) is 0 Å². The molecule has 0 radical (unpaired) electrons. The van der Waals surface area contributed by atoms with E-state index in [0.29, 0.717) is 0 Å². The van der Waals surface area contributed by atoms with Crippen molar-refractivity contribution in [3.63, 3.8) is 0 Å². The number of carboxylic acids is 1. The molecule has 2 unspecified atom stereocenters. The monoisotopic (exact) mass is 239 g/mol. The molecule has 0 amide bonds. The molecular weight excluding hydrogens is 218 g/mol. The molecule has 1 aliphatic heterocycles. The number of carbonyl (C=O) groups is 1. The fourth-order valence-electron chi connectivity index (χ4n) is 2.19. The van der Waals surface area contributed by atoms with Gasteiger partial charge in [0.05, 0.1) is 12.1 Å². The smallest absolute Gasteiger partial charge is 0.320 e. The summed E-state index contributed by atoms with van der Waals surface area (Å²) in [6.07, 6.45) is 1.90. The number of piperazine rings is 1. The molecule has 17 heavy (non-hydrogen) atoms. The van der Waals surface area contributed by atoms with E-state index in [1.54, 1.807) is 6.92 Å². The van der Waals surface area contributed by atoms with Crippen molar-refractivity contribution < 1.29 is 9.90 Å². The topological polar surface area (TPSA) is 67.6 Å². The van der Waals surface area contributed by atoms with Crippen LogP contribution in [-0.2, 0) is 4.79 Å².